The molecular formula is C29H36FN3O2. The lowest BCUT2D eigenvalue weighted by molar-refractivity contribution is 0.0953. The molecule has 0 amide bonds. The first kappa shape index (κ1) is 25.1. The van der Waals surface area contributed by atoms with Gasteiger partial charge >= 0.3 is 0 Å². The molecule has 6 heteroatoms. The van der Waals surface area contributed by atoms with Crippen LogP contribution in [0.15, 0.2) is 67.0 Å². The van der Waals surface area contributed by atoms with Crippen LogP contribution in [0.2, 0.25) is 0 Å². The van der Waals surface area contributed by atoms with Crippen molar-refractivity contribution in [3.8, 4) is 11.5 Å². The predicted octanol–water partition coefficient (Wildman–Crippen LogP) is 5.19. The van der Waals surface area contributed by atoms with Crippen molar-refractivity contribution in [2.24, 2.45) is 5.92 Å². The maximum Gasteiger partial charge on any atom is 0.165 e. The Hall–Kier alpha value is -2.96. The second-order valence-corrected chi connectivity index (χ2v) is 9.48. The summed E-state index contributed by atoms with van der Waals surface area (Å²) < 4.78 is 24.4. The second-order valence-electron chi connectivity index (χ2n) is 9.48. The summed E-state index contributed by atoms with van der Waals surface area (Å²) in [6.07, 6.45) is 7.02. The second kappa shape index (κ2) is 12.1. The highest BCUT2D eigenvalue weighted by atomic mass is 19.1. The Labute approximate surface area is 208 Å². The van der Waals surface area contributed by atoms with E-state index in [1.165, 1.54) is 24.3 Å². The van der Waals surface area contributed by atoms with Gasteiger partial charge in [-0.05, 0) is 92.3 Å². The van der Waals surface area contributed by atoms with Gasteiger partial charge in [-0.1, -0.05) is 24.3 Å². The topological polar surface area (TPSA) is 37.8 Å². The Balaban J connectivity index is 1.44. The highest BCUT2D eigenvalue weighted by molar-refractivity contribution is 5.31. The molecule has 1 atom stereocenters. The van der Waals surface area contributed by atoms with Crippen LogP contribution >= 0.6 is 0 Å². The van der Waals surface area contributed by atoms with Gasteiger partial charge in [0.15, 0.2) is 11.6 Å². The number of likely N-dealkylation sites (N-methyl/N-ethyl adjacent to an activating group) is 1. The van der Waals surface area contributed by atoms with Crippen LogP contribution in [-0.2, 0) is 19.5 Å². The molecule has 2 heterocycles. The fraction of sp³-hybridized carbons (Fsp3) is 0.414. The third-order valence-corrected chi connectivity index (χ3v) is 7.10. The quantitative estimate of drug-likeness (QED) is 0.402. The average Bonchev–Trinajstić information content (AvgIpc) is 2.89. The standard InChI is InChI=1S/C29H36FN3O2/c1-32(20-24-7-5-13-31-19-24)28(17-22-6-4-8-26(16-22)34-2)25-11-14-33(15-12-25)21-23-9-10-27(30)29(18-23)35-3/h4-10,13,16,18-19,25,28H,11-12,14-15,17,20-21H2,1-3H3. The number of benzene rings is 2. The van der Waals surface area contributed by atoms with Gasteiger partial charge in [0, 0.05) is 31.5 Å². The molecule has 1 aliphatic heterocycles. The van der Waals surface area contributed by atoms with Crippen molar-refractivity contribution in [3.63, 3.8) is 0 Å². The Morgan fingerprint density at radius 3 is 2.51 bits per heavy atom. The number of hydrogen-bond acceptors (Lipinski definition) is 5. The maximum atomic E-state index is 13.8. The van der Waals surface area contributed by atoms with E-state index in [1.54, 1.807) is 7.11 Å². The summed E-state index contributed by atoms with van der Waals surface area (Å²) in [4.78, 5) is 9.25. The number of nitrogens with zero attached hydrogens (tertiary/aromatic N) is 3. The molecule has 0 saturated carbocycles. The summed E-state index contributed by atoms with van der Waals surface area (Å²) in [6, 6.07) is 18.2. The highest BCUT2D eigenvalue weighted by Gasteiger charge is 2.29. The van der Waals surface area contributed by atoms with E-state index >= 15 is 0 Å². The molecule has 0 bridgehead atoms. The average molecular weight is 478 g/mol. The van der Waals surface area contributed by atoms with Gasteiger partial charge in [0.25, 0.3) is 0 Å². The molecule has 4 rings (SSSR count). The van der Waals surface area contributed by atoms with Gasteiger partial charge in [0.05, 0.1) is 14.2 Å². The lowest BCUT2D eigenvalue weighted by Crippen LogP contribution is -2.44. The van der Waals surface area contributed by atoms with Gasteiger partial charge in [-0.25, -0.2) is 4.39 Å². The monoisotopic (exact) mass is 477 g/mol. The molecule has 2 aromatic carbocycles. The van der Waals surface area contributed by atoms with Crippen LogP contribution in [0.25, 0.3) is 0 Å². The number of hydrogen-bond donors (Lipinski definition) is 0. The number of methoxy groups -OCH3 is 2. The smallest absolute Gasteiger partial charge is 0.165 e. The number of rotatable bonds is 10. The first-order valence-electron chi connectivity index (χ1n) is 12.3. The van der Waals surface area contributed by atoms with Crippen molar-refractivity contribution in [2.75, 3.05) is 34.4 Å². The Bertz CT molecular complexity index is 1070. The van der Waals surface area contributed by atoms with E-state index in [-0.39, 0.29) is 5.82 Å². The Morgan fingerprint density at radius 1 is 1.00 bits per heavy atom. The van der Waals surface area contributed by atoms with Crippen molar-refractivity contribution in [2.45, 2.75) is 38.4 Å². The fourth-order valence-corrected chi connectivity index (χ4v) is 5.18. The van der Waals surface area contributed by atoms with Gasteiger partial charge < -0.3 is 9.47 Å². The van der Waals surface area contributed by atoms with E-state index < -0.39 is 0 Å². The van der Waals surface area contributed by atoms with Crippen molar-refractivity contribution in [1.29, 1.82) is 0 Å². The zero-order valence-corrected chi connectivity index (χ0v) is 21.0. The summed E-state index contributed by atoms with van der Waals surface area (Å²) >= 11 is 0. The van der Waals surface area contributed by atoms with Crippen LogP contribution in [0.4, 0.5) is 4.39 Å². The van der Waals surface area contributed by atoms with Gasteiger partial charge in [0.1, 0.15) is 5.75 Å². The number of likely N-dealkylation sites (tertiary alicyclic amines) is 1. The van der Waals surface area contributed by atoms with Crippen LogP contribution in [-0.4, -0.2) is 55.2 Å². The summed E-state index contributed by atoms with van der Waals surface area (Å²) in [5.74, 6) is 1.49. The van der Waals surface area contributed by atoms with Crippen LogP contribution in [0.3, 0.4) is 0 Å². The van der Waals surface area contributed by atoms with Crippen molar-refractivity contribution in [1.82, 2.24) is 14.8 Å². The molecule has 1 aromatic heterocycles. The normalized spacial score (nSPS) is 15.8. The fourth-order valence-electron chi connectivity index (χ4n) is 5.18. The van der Waals surface area contributed by atoms with Crippen LogP contribution in [0.5, 0.6) is 11.5 Å². The largest absolute Gasteiger partial charge is 0.497 e. The molecule has 0 spiro atoms. The zero-order chi connectivity index (χ0) is 24.6. The van der Waals surface area contributed by atoms with Crippen molar-refractivity contribution < 1.29 is 13.9 Å². The van der Waals surface area contributed by atoms with Gasteiger partial charge in [-0.2, -0.15) is 0 Å². The van der Waals surface area contributed by atoms with Crippen LogP contribution in [0, 0.1) is 11.7 Å². The molecule has 0 N–H and O–H groups in total. The summed E-state index contributed by atoms with van der Waals surface area (Å²) in [7, 11) is 5.46. The van der Waals surface area contributed by atoms with Crippen molar-refractivity contribution >= 4 is 0 Å². The first-order valence-corrected chi connectivity index (χ1v) is 12.3. The molecule has 5 nitrogen and oxygen atoms in total. The van der Waals surface area contributed by atoms with Gasteiger partial charge in [0.2, 0.25) is 0 Å². The lowest BCUT2D eigenvalue weighted by Gasteiger charge is -2.40. The maximum absolute atomic E-state index is 13.8. The molecule has 0 radical (unpaired) electrons. The van der Waals surface area contributed by atoms with Crippen LogP contribution in [0.1, 0.15) is 29.5 Å². The van der Waals surface area contributed by atoms with E-state index in [9.17, 15) is 4.39 Å². The molecule has 1 unspecified atom stereocenters. The Kier molecular flexibility index (Phi) is 8.72. The first-order chi connectivity index (χ1) is 17.1. The van der Waals surface area contributed by atoms with E-state index in [2.05, 4.69) is 46.1 Å². The summed E-state index contributed by atoms with van der Waals surface area (Å²) in [5.41, 5.74) is 3.62. The molecule has 35 heavy (non-hydrogen) atoms. The number of aromatic nitrogens is 1. The predicted molar refractivity (Wildman–Crippen MR) is 137 cm³/mol. The minimum Gasteiger partial charge on any atom is -0.497 e. The minimum atomic E-state index is -0.313. The number of piperidine rings is 1. The van der Waals surface area contributed by atoms with Gasteiger partial charge in [-0.3, -0.25) is 14.8 Å². The third kappa shape index (κ3) is 6.80. The van der Waals surface area contributed by atoms with E-state index in [1.807, 2.05) is 36.7 Å². The minimum absolute atomic E-state index is 0.313. The molecule has 1 aliphatic rings. The van der Waals surface area contributed by atoms with Crippen LogP contribution < -0.4 is 9.47 Å². The number of ether oxygens (including phenoxy) is 2. The van der Waals surface area contributed by atoms with E-state index in [4.69, 9.17) is 9.47 Å². The lowest BCUT2D eigenvalue weighted by atomic mass is 9.84. The molecule has 186 valence electrons. The Morgan fingerprint density at radius 2 is 1.80 bits per heavy atom. The molecule has 1 saturated heterocycles. The SMILES string of the molecule is COc1cccc(CC(C2CCN(Cc3ccc(F)c(OC)c3)CC2)N(C)Cc2cccnc2)c1. The zero-order valence-electron chi connectivity index (χ0n) is 21.0. The molecular weight excluding hydrogens is 441 g/mol. The molecule has 0 aliphatic carbocycles. The summed E-state index contributed by atoms with van der Waals surface area (Å²) in [5, 5.41) is 0. The highest BCUT2D eigenvalue weighted by Crippen LogP contribution is 2.29. The number of pyridine rings is 1. The summed E-state index contributed by atoms with van der Waals surface area (Å²) in [6.45, 7) is 3.74. The molecule has 1 fully saturated rings. The van der Waals surface area contributed by atoms with E-state index in [0.29, 0.717) is 17.7 Å². The van der Waals surface area contributed by atoms with Crippen molar-refractivity contribution in [3.05, 3.63) is 89.5 Å². The van der Waals surface area contributed by atoms with E-state index in [0.717, 1.165) is 56.8 Å². The molecule has 3 aromatic rings. The van der Waals surface area contributed by atoms with Gasteiger partial charge in [-0.15, -0.1) is 0 Å². The number of halogens is 1. The third-order valence-electron chi connectivity index (χ3n) is 7.10.